The number of hydrogen-bond acceptors (Lipinski definition) is 7. The maximum atomic E-state index is 13.5. The van der Waals surface area contributed by atoms with Gasteiger partial charge in [-0.05, 0) is 44.4 Å². The zero-order valence-electron chi connectivity index (χ0n) is 19.0. The van der Waals surface area contributed by atoms with E-state index in [2.05, 4.69) is 5.16 Å². The normalized spacial score (nSPS) is 23.7. The Morgan fingerprint density at radius 2 is 2.06 bits per heavy atom. The molecule has 0 N–H and O–H groups in total. The summed E-state index contributed by atoms with van der Waals surface area (Å²) < 4.78 is 79.3. The lowest BCUT2D eigenvalue weighted by atomic mass is 9.74. The van der Waals surface area contributed by atoms with E-state index in [1.807, 2.05) is 4.90 Å². The zero-order chi connectivity index (χ0) is 24.9. The number of nitrogens with zero attached hydrogens (tertiary/aromatic N) is 4. The van der Waals surface area contributed by atoms with Crippen molar-refractivity contribution >= 4 is 15.7 Å². The number of aromatic nitrogens is 1. The molecule has 0 saturated carbocycles. The van der Waals surface area contributed by atoms with Gasteiger partial charge in [-0.2, -0.15) is 22.7 Å². The molecule has 0 amide bonds. The van der Waals surface area contributed by atoms with Crippen LogP contribution in [0, 0.1) is 36.5 Å². The molecule has 2 fully saturated rings. The van der Waals surface area contributed by atoms with E-state index in [-0.39, 0.29) is 42.0 Å². The van der Waals surface area contributed by atoms with Gasteiger partial charge in [0.15, 0.2) is 5.76 Å². The lowest BCUT2D eigenvalue weighted by Gasteiger charge is -2.42. The number of anilines is 1. The number of alkyl halides is 3. The molecule has 2 aliphatic heterocycles. The van der Waals surface area contributed by atoms with Crippen molar-refractivity contribution in [3.05, 3.63) is 40.8 Å². The van der Waals surface area contributed by atoms with E-state index in [9.17, 15) is 21.6 Å². The molecule has 34 heavy (non-hydrogen) atoms. The van der Waals surface area contributed by atoms with E-state index >= 15 is 0 Å². The third-order valence-electron chi connectivity index (χ3n) is 6.82. The van der Waals surface area contributed by atoms with Crippen molar-refractivity contribution in [2.24, 2.45) is 11.3 Å². The predicted octanol–water partition coefficient (Wildman–Crippen LogP) is 3.35. The average Bonchev–Trinajstić information content (AvgIpc) is 3.32. The number of halogens is 3. The molecule has 2 saturated heterocycles. The standard InChI is InChI=1S/C22H25F3N4O4S/c1-14-20(15(2)33-27-14)34(30,31)29-7-6-17-10-28(11-21(17,12-29)13-32-3)18-5-4-16(9-26)19(8-18)22(23,24)25/h4-5,8,17H,6-7,10-13H2,1-3H3/t17-,21-/m1/s1. The highest BCUT2D eigenvalue weighted by molar-refractivity contribution is 7.89. The van der Waals surface area contributed by atoms with E-state index in [0.717, 1.165) is 6.07 Å². The van der Waals surface area contributed by atoms with Gasteiger partial charge in [-0.1, -0.05) is 5.16 Å². The van der Waals surface area contributed by atoms with Crippen LogP contribution in [0.25, 0.3) is 0 Å². The first-order valence-corrected chi connectivity index (χ1v) is 12.2. The second-order valence-electron chi connectivity index (χ2n) is 8.99. The Hall–Kier alpha value is -2.62. The highest BCUT2D eigenvalue weighted by atomic mass is 32.2. The van der Waals surface area contributed by atoms with Crippen LogP contribution in [0.1, 0.15) is 29.0 Å². The van der Waals surface area contributed by atoms with Crippen LogP contribution >= 0.6 is 0 Å². The highest BCUT2D eigenvalue weighted by Crippen LogP contribution is 2.46. The Bertz CT molecular complexity index is 1220. The van der Waals surface area contributed by atoms with Gasteiger partial charge < -0.3 is 14.2 Å². The highest BCUT2D eigenvalue weighted by Gasteiger charge is 2.52. The lowest BCUT2D eigenvalue weighted by Crippen LogP contribution is -2.52. The van der Waals surface area contributed by atoms with Crippen LogP contribution in [0.15, 0.2) is 27.6 Å². The molecule has 0 bridgehead atoms. The van der Waals surface area contributed by atoms with Crippen LogP contribution in [0.5, 0.6) is 0 Å². The van der Waals surface area contributed by atoms with Crippen molar-refractivity contribution in [1.29, 1.82) is 5.26 Å². The van der Waals surface area contributed by atoms with Crippen molar-refractivity contribution in [3.63, 3.8) is 0 Å². The molecule has 184 valence electrons. The molecule has 2 atom stereocenters. The Kier molecular flexibility index (Phi) is 6.16. The number of aryl methyl sites for hydroxylation is 2. The number of nitriles is 1. The topological polar surface area (TPSA) is 99.7 Å². The quantitative estimate of drug-likeness (QED) is 0.623. The van der Waals surface area contributed by atoms with Gasteiger partial charge in [0.1, 0.15) is 10.6 Å². The van der Waals surface area contributed by atoms with Crippen LogP contribution in [-0.2, 0) is 20.9 Å². The molecule has 8 nitrogen and oxygen atoms in total. The minimum atomic E-state index is -4.66. The van der Waals surface area contributed by atoms with Crippen LogP contribution in [0.2, 0.25) is 0 Å². The van der Waals surface area contributed by atoms with Crippen molar-refractivity contribution in [2.45, 2.75) is 31.3 Å². The summed E-state index contributed by atoms with van der Waals surface area (Å²) in [7, 11) is -2.35. The fraction of sp³-hybridized carbons (Fsp3) is 0.545. The summed E-state index contributed by atoms with van der Waals surface area (Å²) in [6, 6.07) is 5.27. The van der Waals surface area contributed by atoms with Gasteiger partial charge in [0.2, 0.25) is 10.0 Å². The predicted molar refractivity (Wildman–Crippen MR) is 116 cm³/mol. The largest absolute Gasteiger partial charge is 0.417 e. The maximum Gasteiger partial charge on any atom is 0.417 e. The Labute approximate surface area is 195 Å². The smallest absolute Gasteiger partial charge is 0.384 e. The molecule has 3 heterocycles. The molecular weight excluding hydrogens is 473 g/mol. The van der Waals surface area contributed by atoms with E-state index in [1.54, 1.807) is 19.9 Å². The third kappa shape index (κ3) is 4.06. The van der Waals surface area contributed by atoms with Gasteiger partial charge in [-0.25, -0.2) is 8.42 Å². The van der Waals surface area contributed by atoms with E-state index in [4.69, 9.17) is 14.5 Å². The van der Waals surface area contributed by atoms with Gasteiger partial charge in [-0.3, -0.25) is 0 Å². The molecular formula is C22H25F3N4O4S. The van der Waals surface area contributed by atoms with Crippen molar-refractivity contribution in [1.82, 2.24) is 9.46 Å². The van der Waals surface area contributed by atoms with Gasteiger partial charge in [-0.15, -0.1) is 0 Å². The number of fused-ring (bicyclic) bond motifs is 1. The van der Waals surface area contributed by atoms with E-state index in [0.29, 0.717) is 25.2 Å². The molecule has 2 aromatic rings. The number of sulfonamides is 1. The van der Waals surface area contributed by atoms with Crippen molar-refractivity contribution < 1.29 is 30.8 Å². The first kappa shape index (κ1) is 24.5. The van der Waals surface area contributed by atoms with Crippen molar-refractivity contribution in [2.75, 3.05) is 44.8 Å². The lowest BCUT2D eigenvalue weighted by molar-refractivity contribution is -0.137. The Morgan fingerprint density at radius 3 is 2.65 bits per heavy atom. The number of methoxy groups -OCH3 is 1. The molecule has 0 radical (unpaired) electrons. The molecule has 12 heteroatoms. The number of ether oxygens (including phenoxy) is 1. The monoisotopic (exact) mass is 498 g/mol. The second-order valence-corrected chi connectivity index (χ2v) is 10.9. The first-order valence-electron chi connectivity index (χ1n) is 10.7. The maximum absolute atomic E-state index is 13.5. The first-order chi connectivity index (χ1) is 15.9. The number of rotatable bonds is 5. The summed E-state index contributed by atoms with van der Waals surface area (Å²) in [5, 5.41) is 12.8. The second kappa shape index (κ2) is 8.55. The van der Waals surface area contributed by atoms with E-state index in [1.165, 1.54) is 23.5 Å². The average molecular weight is 499 g/mol. The summed E-state index contributed by atoms with van der Waals surface area (Å²) in [5.41, 5.74) is -1.39. The van der Waals surface area contributed by atoms with E-state index < -0.39 is 32.7 Å². The fourth-order valence-electron chi connectivity index (χ4n) is 5.27. The van der Waals surface area contributed by atoms with Crippen LogP contribution in [0.4, 0.5) is 18.9 Å². The third-order valence-corrected chi connectivity index (χ3v) is 8.91. The zero-order valence-corrected chi connectivity index (χ0v) is 19.8. The Balaban J connectivity index is 1.66. The van der Waals surface area contributed by atoms with Crippen molar-refractivity contribution in [3.8, 4) is 6.07 Å². The van der Waals surface area contributed by atoms with Crippen LogP contribution in [-0.4, -0.2) is 57.8 Å². The van der Waals surface area contributed by atoms with Gasteiger partial charge in [0.05, 0.1) is 23.8 Å². The number of hydrogen-bond donors (Lipinski definition) is 0. The summed E-state index contributed by atoms with van der Waals surface area (Å²) in [6.45, 7) is 4.60. The molecule has 4 rings (SSSR count). The summed E-state index contributed by atoms with van der Waals surface area (Å²) in [4.78, 5) is 1.88. The minimum absolute atomic E-state index is 0.0218. The SMILES string of the molecule is COC[C@]12CN(c3ccc(C#N)c(C(F)(F)F)c3)C[C@H]1CCN(S(=O)(=O)c1c(C)noc1C)C2. The molecule has 1 aromatic carbocycles. The number of benzene rings is 1. The molecule has 0 aliphatic carbocycles. The molecule has 0 spiro atoms. The van der Waals surface area contributed by atoms with Gasteiger partial charge in [0, 0.05) is 44.4 Å². The fourth-order valence-corrected chi connectivity index (χ4v) is 7.11. The van der Waals surface area contributed by atoms with Gasteiger partial charge >= 0.3 is 6.18 Å². The summed E-state index contributed by atoms with van der Waals surface area (Å²) >= 11 is 0. The summed E-state index contributed by atoms with van der Waals surface area (Å²) in [6.07, 6.45) is -4.12. The Morgan fingerprint density at radius 1 is 1.32 bits per heavy atom. The molecule has 1 aromatic heterocycles. The molecule has 2 aliphatic rings. The molecule has 0 unspecified atom stereocenters. The van der Waals surface area contributed by atoms with Crippen LogP contribution in [0.3, 0.4) is 0 Å². The minimum Gasteiger partial charge on any atom is -0.384 e. The number of piperidine rings is 1. The summed E-state index contributed by atoms with van der Waals surface area (Å²) in [5.74, 6) is 0.235. The van der Waals surface area contributed by atoms with Gasteiger partial charge in [0.25, 0.3) is 0 Å². The van der Waals surface area contributed by atoms with Crippen LogP contribution < -0.4 is 4.90 Å².